The second-order valence-corrected chi connectivity index (χ2v) is 8.22. The normalized spacial score (nSPS) is 11.8. The van der Waals surface area contributed by atoms with Crippen molar-refractivity contribution in [2.45, 2.75) is 19.9 Å². The van der Waals surface area contributed by atoms with Gasteiger partial charge in [0.1, 0.15) is 29.3 Å². The Morgan fingerprint density at radius 2 is 1.50 bits per heavy atom. The van der Waals surface area contributed by atoms with Crippen molar-refractivity contribution in [3.05, 3.63) is 110 Å². The van der Waals surface area contributed by atoms with E-state index in [1.54, 1.807) is 0 Å². The van der Waals surface area contributed by atoms with E-state index in [9.17, 15) is 31.9 Å². The van der Waals surface area contributed by atoms with Gasteiger partial charge >= 0.3 is 5.76 Å². The Morgan fingerprint density at radius 1 is 0.974 bits per heavy atom. The van der Waals surface area contributed by atoms with Gasteiger partial charge in [-0.2, -0.15) is 0 Å². The number of methoxy groups -OCH3 is 1. The fourth-order valence-corrected chi connectivity index (χ4v) is 3.97. The lowest BCUT2D eigenvalue weighted by molar-refractivity contribution is -0.123. The van der Waals surface area contributed by atoms with Crippen LogP contribution in [0, 0.1) is 23.3 Å². The highest BCUT2D eigenvalue weighted by molar-refractivity contribution is 5.88. The number of pyridine rings is 1. The molecule has 2 aromatic heterocycles. The summed E-state index contributed by atoms with van der Waals surface area (Å²) in [6.45, 7) is 2.56. The van der Waals surface area contributed by atoms with Crippen LogP contribution < -0.4 is 21.4 Å². The van der Waals surface area contributed by atoms with Crippen LogP contribution in [0.4, 0.5) is 17.6 Å². The molecule has 0 spiro atoms. The first-order chi connectivity index (χ1) is 18.0. The molecule has 0 radical (unpaired) electrons. The van der Waals surface area contributed by atoms with Crippen LogP contribution in [0.3, 0.4) is 0 Å². The number of amides is 1. The van der Waals surface area contributed by atoms with Crippen molar-refractivity contribution in [3.63, 3.8) is 0 Å². The second-order valence-electron chi connectivity index (χ2n) is 8.22. The van der Waals surface area contributed by atoms with Gasteiger partial charge in [0, 0.05) is 35.7 Å². The molecule has 38 heavy (non-hydrogen) atoms. The van der Waals surface area contributed by atoms with Crippen LogP contribution >= 0.6 is 0 Å². The zero-order chi connectivity index (χ0) is 27.7. The monoisotopic (exact) mass is 529 g/mol. The van der Waals surface area contributed by atoms with Crippen molar-refractivity contribution < 1.29 is 31.5 Å². The van der Waals surface area contributed by atoms with Crippen LogP contribution in [0.25, 0.3) is 16.7 Å². The summed E-state index contributed by atoms with van der Waals surface area (Å²) in [6, 6.07) is 4.81. The van der Waals surface area contributed by atoms with E-state index >= 15 is 0 Å². The Labute approximate surface area is 211 Å². The van der Waals surface area contributed by atoms with Crippen molar-refractivity contribution in [3.8, 4) is 5.75 Å². The number of benzene rings is 2. The number of carbonyl (C=O) groups is 1. The molecule has 4 aromatic rings. The van der Waals surface area contributed by atoms with E-state index in [2.05, 4.69) is 10.3 Å². The van der Waals surface area contributed by atoms with Gasteiger partial charge in [-0.05, 0) is 49.2 Å². The summed E-state index contributed by atoms with van der Waals surface area (Å²) in [5.41, 5.74) is -1.83. The quantitative estimate of drug-likeness (QED) is 0.378. The second kappa shape index (κ2) is 10.3. The lowest BCUT2D eigenvalue weighted by atomic mass is 9.95. The highest BCUT2D eigenvalue weighted by atomic mass is 19.1. The Bertz CT molecular complexity index is 1630. The predicted molar refractivity (Wildman–Crippen MR) is 128 cm³/mol. The van der Waals surface area contributed by atoms with E-state index in [4.69, 9.17) is 9.15 Å². The number of rotatable bonds is 6. The maximum Gasteiger partial charge on any atom is 0.423 e. The average molecular weight is 529 g/mol. The number of hydrogen-bond acceptors (Lipinski definition) is 6. The molecule has 4 rings (SSSR count). The molecule has 2 aromatic carbocycles. The Morgan fingerprint density at radius 3 is 2.00 bits per heavy atom. The zero-order valence-corrected chi connectivity index (χ0v) is 20.1. The third-order valence-electron chi connectivity index (χ3n) is 5.65. The molecule has 1 atom stereocenters. The van der Waals surface area contributed by atoms with Gasteiger partial charge < -0.3 is 14.5 Å². The van der Waals surface area contributed by atoms with Crippen LogP contribution in [0.5, 0.6) is 5.75 Å². The molecule has 8 nitrogen and oxygen atoms in total. The van der Waals surface area contributed by atoms with E-state index < -0.39 is 46.5 Å². The molecule has 0 aliphatic heterocycles. The Hall–Kier alpha value is -4.74. The fraction of sp³-hybridized carbons (Fsp3) is 0.154. The fourth-order valence-electron chi connectivity index (χ4n) is 3.97. The zero-order valence-electron chi connectivity index (χ0n) is 20.1. The van der Waals surface area contributed by atoms with Gasteiger partial charge in [0.25, 0.3) is 5.56 Å². The molecular formula is C26H19F4N3O5. The molecule has 196 valence electrons. The Kier molecular flexibility index (Phi) is 7.15. The van der Waals surface area contributed by atoms with Gasteiger partial charge in [0.15, 0.2) is 11.3 Å². The largest absolute Gasteiger partial charge is 0.493 e. The van der Waals surface area contributed by atoms with E-state index in [-0.39, 0.29) is 39.2 Å². The summed E-state index contributed by atoms with van der Waals surface area (Å²) in [6.07, 6.45) is 1.26. The lowest BCUT2D eigenvalue weighted by Gasteiger charge is -2.18. The lowest BCUT2D eigenvalue weighted by Crippen LogP contribution is -2.42. The minimum absolute atomic E-state index is 0.0742. The first-order valence-electron chi connectivity index (χ1n) is 11.0. The van der Waals surface area contributed by atoms with Crippen molar-refractivity contribution in [1.82, 2.24) is 14.9 Å². The number of fused-ring (bicyclic) bond motifs is 1. The number of halogens is 4. The third kappa shape index (κ3) is 5.05. The van der Waals surface area contributed by atoms with Crippen LogP contribution in [-0.4, -0.2) is 22.6 Å². The van der Waals surface area contributed by atoms with Crippen molar-refractivity contribution >= 4 is 22.6 Å². The first kappa shape index (κ1) is 26.3. The van der Waals surface area contributed by atoms with E-state index in [0.29, 0.717) is 16.7 Å². The van der Waals surface area contributed by atoms with Crippen LogP contribution in [0.2, 0.25) is 0 Å². The number of nitrogens with zero attached hydrogens (tertiary/aromatic N) is 2. The summed E-state index contributed by atoms with van der Waals surface area (Å²) in [5, 5.41) is 2.44. The molecule has 12 heteroatoms. The highest BCUT2D eigenvalue weighted by Gasteiger charge is 2.24. The maximum absolute atomic E-state index is 14.0. The smallest absolute Gasteiger partial charge is 0.423 e. The summed E-state index contributed by atoms with van der Waals surface area (Å²) >= 11 is 0. The summed E-state index contributed by atoms with van der Waals surface area (Å²) in [7, 11) is 1.30. The summed E-state index contributed by atoms with van der Waals surface area (Å²) < 4.78 is 66.8. The van der Waals surface area contributed by atoms with E-state index in [1.807, 2.05) is 0 Å². The van der Waals surface area contributed by atoms with Gasteiger partial charge in [-0.3, -0.25) is 9.59 Å². The molecule has 0 saturated carbocycles. The predicted octanol–water partition coefficient (Wildman–Crippen LogP) is 4.07. The van der Waals surface area contributed by atoms with E-state index in [0.717, 1.165) is 24.3 Å². The molecule has 1 N–H and O–H groups in total. The molecule has 0 aliphatic rings. The third-order valence-corrected chi connectivity index (χ3v) is 5.65. The van der Waals surface area contributed by atoms with Crippen LogP contribution in [0.1, 0.15) is 31.0 Å². The van der Waals surface area contributed by atoms with Crippen LogP contribution in [0.15, 0.2) is 68.4 Å². The molecule has 0 fully saturated rings. The number of allylic oxidation sites excluding steroid dienone is 1. The SMILES string of the molecule is COc1ccnc2c(=O)n([C@@H](C)C(=O)NC(C)=C(c3cc(F)cc(F)c3)c3cc(F)cc(F)c3)c(=O)oc12. The molecule has 0 bridgehead atoms. The topological polar surface area (TPSA) is 103 Å². The molecule has 2 heterocycles. The molecule has 0 unspecified atom stereocenters. The molecule has 0 aliphatic carbocycles. The standard InChI is InChI=1S/C26H19F4N3O5/c1-12(21(14-6-16(27)10-17(28)7-14)15-8-18(29)11-19(30)9-15)32-24(34)13(2)33-25(35)22-23(38-26(33)36)20(37-3)4-5-31-22/h4-11,13H,1-3H3,(H,32,34)/t13-/m0/s1. The Balaban J connectivity index is 1.81. The molecule has 1 amide bonds. The van der Waals surface area contributed by atoms with Crippen molar-refractivity contribution in [2.75, 3.05) is 7.11 Å². The van der Waals surface area contributed by atoms with Crippen molar-refractivity contribution in [1.29, 1.82) is 0 Å². The van der Waals surface area contributed by atoms with E-state index in [1.165, 1.54) is 33.2 Å². The van der Waals surface area contributed by atoms with Gasteiger partial charge in [0.05, 0.1) is 7.11 Å². The number of aromatic nitrogens is 2. The minimum atomic E-state index is -1.46. The van der Waals surface area contributed by atoms with Crippen molar-refractivity contribution in [2.24, 2.45) is 0 Å². The van der Waals surface area contributed by atoms with Gasteiger partial charge in [-0.25, -0.2) is 31.9 Å². The molecular weight excluding hydrogens is 510 g/mol. The first-order valence-corrected chi connectivity index (χ1v) is 11.0. The van der Waals surface area contributed by atoms with Gasteiger partial charge in [-0.1, -0.05) is 0 Å². The van der Waals surface area contributed by atoms with Gasteiger partial charge in [-0.15, -0.1) is 0 Å². The average Bonchev–Trinajstić information content (AvgIpc) is 2.82. The summed E-state index contributed by atoms with van der Waals surface area (Å²) in [5.74, 6) is -5.87. The minimum Gasteiger partial charge on any atom is -0.493 e. The summed E-state index contributed by atoms with van der Waals surface area (Å²) in [4.78, 5) is 42.7. The maximum atomic E-state index is 14.0. The number of hydrogen-bond donors (Lipinski definition) is 1. The van der Waals surface area contributed by atoms with Gasteiger partial charge in [0.2, 0.25) is 11.5 Å². The number of carbonyl (C=O) groups excluding carboxylic acids is 1. The molecule has 0 saturated heterocycles. The van der Waals surface area contributed by atoms with Crippen LogP contribution in [-0.2, 0) is 4.79 Å². The number of nitrogens with one attached hydrogen (secondary N) is 1. The number of ether oxygens (including phenoxy) is 1. The highest BCUT2D eigenvalue weighted by Crippen LogP contribution is 2.29.